The number of carbonyl (C=O) groups is 2. The van der Waals surface area contributed by atoms with Crippen molar-refractivity contribution in [2.75, 3.05) is 26.4 Å². The van der Waals surface area contributed by atoms with E-state index in [1.165, 1.54) is 13.8 Å². The fourth-order valence-electron chi connectivity index (χ4n) is 0.785. The number of carboxylic acids is 2. The van der Waals surface area contributed by atoms with Crippen LogP contribution >= 0.6 is 0 Å². The van der Waals surface area contributed by atoms with Gasteiger partial charge in [-0.15, -0.1) is 0 Å². The molecule has 0 saturated carbocycles. The van der Waals surface area contributed by atoms with Gasteiger partial charge in [0.15, 0.2) is 0 Å². The van der Waals surface area contributed by atoms with Gasteiger partial charge in [-0.1, -0.05) is 0 Å². The zero-order valence-electron chi connectivity index (χ0n) is 10.9. The van der Waals surface area contributed by atoms with Crippen molar-refractivity contribution in [2.24, 2.45) is 0 Å². The molecule has 0 aliphatic carbocycles. The van der Waals surface area contributed by atoms with Crippen molar-refractivity contribution in [3.05, 3.63) is 23.7 Å². The van der Waals surface area contributed by atoms with E-state index in [9.17, 15) is 9.59 Å². The molecule has 0 aliphatic rings. The van der Waals surface area contributed by atoms with Crippen molar-refractivity contribution in [3.63, 3.8) is 0 Å². The molecule has 2 N–H and O–H groups in total. The first-order valence-corrected chi connectivity index (χ1v) is 5.56. The summed E-state index contributed by atoms with van der Waals surface area (Å²) in [5.74, 6) is -2.06. The van der Waals surface area contributed by atoms with Gasteiger partial charge in [-0.25, -0.2) is 9.59 Å². The van der Waals surface area contributed by atoms with Crippen molar-refractivity contribution in [1.82, 2.24) is 0 Å². The summed E-state index contributed by atoms with van der Waals surface area (Å²) in [5, 5.41) is 17.0. The number of rotatable bonds is 10. The Balaban J connectivity index is 3.47. The third kappa shape index (κ3) is 9.66. The molecule has 0 fully saturated rings. The average molecular weight is 274 g/mol. The minimum atomic E-state index is -1.03. The van der Waals surface area contributed by atoms with Crippen LogP contribution in [0.2, 0.25) is 0 Å². The van der Waals surface area contributed by atoms with Crippen molar-refractivity contribution < 1.29 is 34.0 Å². The van der Waals surface area contributed by atoms with Crippen LogP contribution in [0.3, 0.4) is 0 Å². The van der Waals surface area contributed by atoms with Gasteiger partial charge in [0.25, 0.3) is 0 Å². The molecule has 0 spiro atoms. The molecule has 0 amide bonds. The largest absolute Gasteiger partial charge is 0.498 e. The highest BCUT2D eigenvalue weighted by Gasteiger charge is 1.99. The zero-order valence-corrected chi connectivity index (χ0v) is 10.9. The minimum Gasteiger partial charge on any atom is -0.498 e. The molecule has 7 nitrogen and oxygen atoms in total. The second-order valence-electron chi connectivity index (χ2n) is 3.57. The van der Waals surface area contributed by atoms with Crippen LogP contribution in [0.15, 0.2) is 23.7 Å². The summed E-state index contributed by atoms with van der Waals surface area (Å²) < 4.78 is 15.0. The lowest BCUT2D eigenvalue weighted by molar-refractivity contribution is -0.133. The zero-order chi connectivity index (χ0) is 14.7. The van der Waals surface area contributed by atoms with Gasteiger partial charge in [-0.2, -0.15) is 0 Å². The summed E-state index contributed by atoms with van der Waals surface area (Å²) in [6, 6.07) is 0. The van der Waals surface area contributed by atoms with Crippen LogP contribution in [0.4, 0.5) is 0 Å². The second-order valence-corrected chi connectivity index (χ2v) is 3.57. The first-order chi connectivity index (χ1) is 8.95. The molecule has 0 aromatic carbocycles. The molecule has 0 heterocycles. The Kier molecular flexibility index (Phi) is 8.90. The number of hydrogen-bond donors (Lipinski definition) is 2. The molecule has 0 unspecified atom stereocenters. The van der Waals surface area contributed by atoms with E-state index in [0.717, 1.165) is 12.5 Å². The quantitative estimate of drug-likeness (QED) is 0.348. The molecule has 0 rings (SSSR count). The van der Waals surface area contributed by atoms with Crippen molar-refractivity contribution in [1.29, 1.82) is 0 Å². The number of hydrogen-bond acceptors (Lipinski definition) is 5. The maximum Gasteiger partial charge on any atom is 0.334 e. The summed E-state index contributed by atoms with van der Waals surface area (Å²) in [6.07, 6.45) is 2.31. The van der Waals surface area contributed by atoms with Gasteiger partial charge in [-0.3, -0.25) is 0 Å². The van der Waals surface area contributed by atoms with Gasteiger partial charge in [0, 0.05) is 0 Å². The van der Waals surface area contributed by atoms with E-state index in [1.807, 2.05) is 0 Å². The molecule has 0 aromatic heterocycles. The van der Waals surface area contributed by atoms with Crippen LogP contribution in [0.25, 0.3) is 0 Å². The maximum absolute atomic E-state index is 10.4. The summed E-state index contributed by atoms with van der Waals surface area (Å²) in [4.78, 5) is 20.8. The Bertz CT molecular complexity index is 323. The van der Waals surface area contributed by atoms with Crippen molar-refractivity contribution in [3.8, 4) is 0 Å². The maximum atomic E-state index is 10.4. The Morgan fingerprint density at radius 3 is 1.53 bits per heavy atom. The van der Waals surface area contributed by atoms with Crippen LogP contribution in [0.1, 0.15) is 13.8 Å². The van der Waals surface area contributed by atoms with Crippen molar-refractivity contribution in [2.45, 2.75) is 13.8 Å². The third-order valence-electron chi connectivity index (χ3n) is 1.89. The number of carboxylic acid groups (broad SMARTS) is 2. The normalized spacial score (nSPS) is 12.1. The first-order valence-electron chi connectivity index (χ1n) is 5.56. The van der Waals surface area contributed by atoms with E-state index in [1.54, 1.807) is 0 Å². The lowest BCUT2D eigenvalue weighted by atomic mass is 10.3. The van der Waals surface area contributed by atoms with Gasteiger partial charge >= 0.3 is 11.9 Å². The van der Waals surface area contributed by atoms with Crippen LogP contribution < -0.4 is 0 Å². The molecule has 0 atom stereocenters. The Morgan fingerprint density at radius 1 is 0.842 bits per heavy atom. The van der Waals surface area contributed by atoms with Crippen LogP contribution in [-0.2, 0) is 23.8 Å². The molecule has 0 aliphatic heterocycles. The molecule has 108 valence electrons. The summed E-state index contributed by atoms with van der Waals surface area (Å²) >= 11 is 0. The fraction of sp³-hybridized carbons (Fsp3) is 0.500. The average Bonchev–Trinajstić information content (AvgIpc) is 2.35. The Hall–Kier alpha value is -2.02. The van der Waals surface area contributed by atoms with E-state index in [0.29, 0.717) is 0 Å². The molecule has 0 saturated heterocycles. The highest BCUT2D eigenvalue weighted by molar-refractivity contribution is 5.85. The number of ether oxygens (including phenoxy) is 3. The SMILES string of the molecule is CC(=COCCOCCOC=C(C)C(=O)O)C(=O)O. The standard InChI is InChI=1S/C12H18O7/c1-9(11(13)14)7-18-5-3-17-4-6-19-8-10(2)12(15)16/h7-8H,3-6H2,1-2H3,(H,13,14)(H,15,16). The van der Waals surface area contributed by atoms with E-state index >= 15 is 0 Å². The smallest absolute Gasteiger partial charge is 0.334 e. The minimum absolute atomic E-state index is 0.109. The summed E-state index contributed by atoms with van der Waals surface area (Å²) in [6.45, 7) is 3.88. The first kappa shape index (κ1) is 17.0. The fourth-order valence-corrected chi connectivity index (χ4v) is 0.785. The van der Waals surface area contributed by atoms with Crippen molar-refractivity contribution >= 4 is 11.9 Å². The lowest BCUT2D eigenvalue weighted by Gasteiger charge is -2.04. The highest BCUT2D eigenvalue weighted by Crippen LogP contribution is 1.94. The highest BCUT2D eigenvalue weighted by atomic mass is 16.5. The Morgan fingerprint density at radius 2 is 1.21 bits per heavy atom. The molecule has 0 aromatic rings. The lowest BCUT2D eigenvalue weighted by Crippen LogP contribution is -2.07. The molecular weight excluding hydrogens is 256 g/mol. The van der Waals surface area contributed by atoms with Gasteiger partial charge in [0.2, 0.25) is 0 Å². The van der Waals surface area contributed by atoms with E-state index in [4.69, 9.17) is 24.4 Å². The van der Waals surface area contributed by atoms with Crippen LogP contribution in [0.5, 0.6) is 0 Å². The van der Waals surface area contributed by atoms with Gasteiger partial charge in [-0.05, 0) is 13.8 Å². The molecule has 7 heteroatoms. The predicted molar refractivity (Wildman–Crippen MR) is 65.5 cm³/mol. The third-order valence-corrected chi connectivity index (χ3v) is 1.89. The summed E-state index contributed by atoms with van der Waals surface area (Å²) in [7, 11) is 0. The van der Waals surface area contributed by atoms with E-state index in [-0.39, 0.29) is 37.6 Å². The second kappa shape index (κ2) is 9.95. The molecule has 19 heavy (non-hydrogen) atoms. The monoisotopic (exact) mass is 274 g/mol. The number of aliphatic carboxylic acids is 2. The van der Waals surface area contributed by atoms with Gasteiger partial charge in [0.1, 0.15) is 13.2 Å². The van der Waals surface area contributed by atoms with Gasteiger partial charge in [0.05, 0.1) is 36.9 Å². The van der Waals surface area contributed by atoms with Crippen LogP contribution in [-0.4, -0.2) is 48.6 Å². The van der Waals surface area contributed by atoms with Gasteiger partial charge < -0.3 is 24.4 Å². The molecular formula is C12H18O7. The predicted octanol–water partition coefficient (Wildman–Crippen LogP) is 1.01. The van der Waals surface area contributed by atoms with E-state index in [2.05, 4.69) is 0 Å². The van der Waals surface area contributed by atoms with Crippen LogP contribution in [0, 0.1) is 0 Å². The summed E-state index contributed by atoms with van der Waals surface area (Å²) in [5.41, 5.74) is 0.218. The van der Waals surface area contributed by atoms with E-state index < -0.39 is 11.9 Å². The Labute approximate surface area is 111 Å². The molecule has 0 bridgehead atoms. The topological polar surface area (TPSA) is 102 Å². The molecule has 0 radical (unpaired) electrons.